The zero-order valence-electron chi connectivity index (χ0n) is 6.05. The van der Waals surface area contributed by atoms with Gasteiger partial charge in [-0.2, -0.15) is 0 Å². The van der Waals surface area contributed by atoms with Gasteiger partial charge in [0.25, 0.3) is 0 Å². The SMILES string of the molecule is C=CC1(O)C=C(Cl)C(=O)C=C1Cl. The highest BCUT2D eigenvalue weighted by Crippen LogP contribution is 2.30. The van der Waals surface area contributed by atoms with Crippen molar-refractivity contribution in [3.63, 3.8) is 0 Å². The molecule has 0 bridgehead atoms. The maximum absolute atomic E-state index is 10.9. The van der Waals surface area contributed by atoms with Crippen molar-refractivity contribution in [2.75, 3.05) is 0 Å². The van der Waals surface area contributed by atoms with Gasteiger partial charge in [-0.1, -0.05) is 35.9 Å². The molecule has 0 saturated carbocycles. The lowest BCUT2D eigenvalue weighted by molar-refractivity contribution is -0.111. The Kier molecular flexibility index (Phi) is 2.42. The first kappa shape index (κ1) is 9.52. The van der Waals surface area contributed by atoms with Crippen LogP contribution in [0.2, 0.25) is 0 Å². The van der Waals surface area contributed by atoms with E-state index in [1.165, 1.54) is 6.08 Å². The van der Waals surface area contributed by atoms with Crippen LogP contribution in [0, 0.1) is 0 Å². The Morgan fingerprint density at radius 3 is 2.67 bits per heavy atom. The van der Waals surface area contributed by atoms with Crippen molar-refractivity contribution in [3.05, 3.63) is 34.9 Å². The number of hydrogen-bond donors (Lipinski definition) is 1. The van der Waals surface area contributed by atoms with Crippen LogP contribution in [0.25, 0.3) is 0 Å². The number of hydrogen-bond acceptors (Lipinski definition) is 2. The monoisotopic (exact) mass is 204 g/mol. The van der Waals surface area contributed by atoms with Gasteiger partial charge < -0.3 is 5.11 Å². The summed E-state index contributed by atoms with van der Waals surface area (Å²) in [4.78, 5) is 10.9. The summed E-state index contributed by atoms with van der Waals surface area (Å²) in [5.41, 5.74) is -1.49. The van der Waals surface area contributed by atoms with E-state index in [-0.39, 0.29) is 10.1 Å². The third kappa shape index (κ3) is 1.46. The average molecular weight is 205 g/mol. The number of halogens is 2. The zero-order valence-corrected chi connectivity index (χ0v) is 7.56. The second kappa shape index (κ2) is 3.05. The van der Waals surface area contributed by atoms with Crippen molar-refractivity contribution in [2.24, 2.45) is 0 Å². The minimum absolute atomic E-state index is 0.00639. The van der Waals surface area contributed by atoms with E-state index in [4.69, 9.17) is 23.2 Å². The molecule has 1 N–H and O–H groups in total. The molecule has 1 unspecified atom stereocenters. The largest absolute Gasteiger partial charge is 0.376 e. The molecule has 0 radical (unpaired) electrons. The van der Waals surface area contributed by atoms with E-state index in [0.29, 0.717) is 0 Å². The quantitative estimate of drug-likeness (QED) is 0.662. The Labute approximate surface area is 79.8 Å². The maximum atomic E-state index is 10.9. The van der Waals surface area contributed by atoms with Gasteiger partial charge in [-0.25, -0.2) is 0 Å². The molecular formula is C8H6Cl2O2. The van der Waals surface area contributed by atoms with Crippen molar-refractivity contribution < 1.29 is 9.90 Å². The molecule has 12 heavy (non-hydrogen) atoms. The third-order valence-electron chi connectivity index (χ3n) is 1.53. The molecule has 1 aliphatic carbocycles. The molecule has 0 aromatic carbocycles. The van der Waals surface area contributed by atoms with Crippen LogP contribution in [0.3, 0.4) is 0 Å². The fourth-order valence-corrected chi connectivity index (χ4v) is 1.24. The van der Waals surface area contributed by atoms with Crippen LogP contribution in [0.4, 0.5) is 0 Å². The van der Waals surface area contributed by atoms with Crippen molar-refractivity contribution in [2.45, 2.75) is 5.60 Å². The summed E-state index contributed by atoms with van der Waals surface area (Å²) in [7, 11) is 0. The van der Waals surface area contributed by atoms with Crippen molar-refractivity contribution in [3.8, 4) is 0 Å². The minimum atomic E-state index is -1.49. The summed E-state index contributed by atoms with van der Waals surface area (Å²) >= 11 is 11.1. The first-order valence-electron chi connectivity index (χ1n) is 3.16. The minimum Gasteiger partial charge on any atom is -0.376 e. The highest BCUT2D eigenvalue weighted by atomic mass is 35.5. The first-order valence-corrected chi connectivity index (χ1v) is 3.91. The van der Waals surface area contributed by atoms with Gasteiger partial charge in [0.05, 0.1) is 10.1 Å². The molecule has 0 aromatic rings. The van der Waals surface area contributed by atoms with Crippen LogP contribution in [-0.4, -0.2) is 16.5 Å². The Bertz CT molecular complexity index is 304. The summed E-state index contributed by atoms with van der Waals surface area (Å²) in [6, 6.07) is 0. The molecule has 1 aliphatic rings. The number of ketones is 1. The van der Waals surface area contributed by atoms with E-state index < -0.39 is 11.4 Å². The van der Waals surface area contributed by atoms with Gasteiger partial charge in [-0.05, 0) is 6.08 Å². The van der Waals surface area contributed by atoms with Crippen LogP contribution < -0.4 is 0 Å². The smallest absolute Gasteiger partial charge is 0.198 e. The number of carbonyl (C=O) groups is 1. The predicted molar refractivity (Wildman–Crippen MR) is 48.0 cm³/mol. The lowest BCUT2D eigenvalue weighted by atomic mass is 9.97. The molecule has 0 fully saturated rings. The lowest BCUT2D eigenvalue weighted by Gasteiger charge is -2.22. The maximum Gasteiger partial charge on any atom is 0.198 e. The molecule has 1 rings (SSSR count). The second-order valence-corrected chi connectivity index (χ2v) is 3.19. The van der Waals surface area contributed by atoms with E-state index in [9.17, 15) is 9.90 Å². The molecular weight excluding hydrogens is 199 g/mol. The standard InChI is InChI=1S/C8H6Cl2O2/c1-2-8(12)4-5(9)6(11)3-7(8)10/h2-4,12H,1H2. The molecule has 0 saturated heterocycles. The normalized spacial score (nSPS) is 29.4. The Morgan fingerprint density at radius 2 is 2.17 bits per heavy atom. The Balaban J connectivity index is 3.16. The van der Waals surface area contributed by atoms with Gasteiger partial charge >= 0.3 is 0 Å². The van der Waals surface area contributed by atoms with E-state index >= 15 is 0 Å². The highest BCUT2D eigenvalue weighted by Gasteiger charge is 2.30. The fourth-order valence-electron chi connectivity index (χ4n) is 0.789. The zero-order chi connectivity index (χ0) is 9.35. The Hall–Kier alpha value is -0.570. The van der Waals surface area contributed by atoms with Gasteiger partial charge in [-0.15, -0.1) is 0 Å². The number of carbonyl (C=O) groups excluding carboxylic acids is 1. The lowest BCUT2D eigenvalue weighted by Crippen LogP contribution is -2.27. The van der Waals surface area contributed by atoms with E-state index in [2.05, 4.69) is 6.58 Å². The molecule has 0 spiro atoms. The molecule has 0 aliphatic heterocycles. The summed E-state index contributed by atoms with van der Waals surface area (Å²) in [5, 5.41) is 9.56. The Morgan fingerprint density at radius 1 is 1.58 bits per heavy atom. The molecule has 64 valence electrons. The molecule has 2 nitrogen and oxygen atoms in total. The van der Waals surface area contributed by atoms with E-state index in [1.54, 1.807) is 0 Å². The number of allylic oxidation sites excluding steroid dienone is 2. The predicted octanol–water partition coefficient (Wildman–Crippen LogP) is 1.73. The fraction of sp³-hybridized carbons (Fsp3) is 0.125. The average Bonchev–Trinajstić information content (AvgIpc) is 2.01. The molecule has 0 amide bonds. The summed E-state index contributed by atoms with van der Waals surface area (Å²) < 4.78 is 0. The summed E-state index contributed by atoms with van der Waals surface area (Å²) in [6.07, 6.45) is 3.44. The van der Waals surface area contributed by atoms with E-state index in [1.807, 2.05) is 0 Å². The van der Waals surface area contributed by atoms with Gasteiger partial charge in [0.1, 0.15) is 5.60 Å². The second-order valence-electron chi connectivity index (χ2n) is 2.38. The van der Waals surface area contributed by atoms with Crippen LogP contribution in [0.15, 0.2) is 34.9 Å². The first-order chi connectivity index (χ1) is 5.49. The molecule has 1 atom stereocenters. The van der Waals surface area contributed by atoms with Gasteiger partial charge in [0.2, 0.25) is 0 Å². The van der Waals surface area contributed by atoms with Crippen LogP contribution in [0.1, 0.15) is 0 Å². The van der Waals surface area contributed by atoms with Crippen molar-refractivity contribution in [1.29, 1.82) is 0 Å². The third-order valence-corrected chi connectivity index (χ3v) is 2.24. The summed E-state index contributed by atoms with van der Waals surface area (Å²) in [6.45, 7) is 3.38. The van der Waals surface area contributed by atoms with Crippen molar-refractivity contribution in [1.82, 2.24) is 0 Å². The number of rotatable bonds is 1. The van der Waals surface area contributed by atoms with Crippen LogP contribution >= 0.6 is 23.2 Å². The topological polar surface area (TPSA) is 37.3 Å². The van der Waals surface area contributed by atoms with Gasteiger partial charge in [0.15, 0.2) is 5.78 Å². The number of aliphatic hydroxyl groups is 1. The highest BCUT2D eigenvalue weighted by molar-refractivity contribution is 6.46. The molecule has 0 heterocycles. The van der Waals surface area contributed by atoms with Gasteiger partial charge in [0, 0.05) is 6.08 Å². The van der Waals surface area contributed by atoms with E-state index in [0.717, 1.165) is 12.2 Å². The van der Waals surface area contributed by atoms with Gasteiger partial charge in [-0.3, -0.25) is 4.79 Å². The molecule has 0 aromatic heterocycles. The molecule has 4 heteroatoms. The van der Waals surface area contributed by atoms with Crippen LogP contribution in [-0.2, 0) is 4.79 Å². The van der Waals surface area contributed by atoms with Crippen molar-refractivity contribution >= 4 is 29.0 Å². The summed E-state index contributed by atoms with van der Waals surface area (Å²) in [5.74, 6) is -0.409. The van der Waals surface area contributed by atoms with Crippen LogP contribution in [0.5, 0.6) is 0 Å².